The van der Waals surface area contributed by atoms with Crippen molar-refractivity contribution in [1.82, 2.24) is 4.90 Å². The predicted octanol–water partition coefficient (Wildman–Crippen LogP) is 3.38. The molecule has 0 aromatic heterocycles. The van der Waals surface area contributed by atoms with Gasteiger partial charge in [0.1, 0.15) is 0 Å². The monoisotopic (exact) mass is 241 g/mol. The van der Waals surface area contributed by atoms with Gasteiger partial charge in [-0.15, -0.1) is 0 Å². The molecule has 2 aromatic carbocycles. The van der Waals surface area contributed by atoms with Crippen molar-refractivity contribution in [2.24, 2.45) is 0 Å². The molecule has 2 nitrogen and oxygen atoms in total. The molecule has 0 N–H and O–H groups in total. The van der Waals surface area contributed by atoms with Gasteiger partial charge < -0.3 is 4.90 Å². The van der Waals surface area contributed by atoms with Crippen molar-refractivity contribution in [2.45, 2.75) is 6.92 Å². The molecule has 2 heteroatoms. The summed E-state index contributed by atoms with van der Waals surface area (Å²) in [6.45, 7) is 2.08. The van der Waals surface area contributed by atoms with E-state index in [4.69, 9.17) is 0 Å². The van der Waals surface area contributed by atoms with E-state index in [1.54, 1.807) is 19.0 Å². The molecule has 0 saturated heterocycles. The van der Waals surface area contributed by atoms with Crippen LogP contribution in [0.15, 0.2) is 60.7 Å². The number of hydrogen-bond acceptors (Lipinski definition) is 1. The molecular formula is C16H19NO. The Morgan fingerprint density at radius 2 is 1.28 bits per heavy atom. The lowest BCUT2D eigenvalue weighted by Crippen LogP contribution is -2.21. The van der Waals surface area contributed by atoms with Crippen molar-refractivity contribution in [3.05, 3.63) is 71.8 Å². The Morgan fingerprint density at radius 1 is 0.833 bits per heavy atom. The number of carbonyl (C=O) groups is 1. The standard InChI is InChI=1S/C9H11NO.C7H8/c1-10(2)9(11)8-6-4-3-5-7-8;1-7-5-3-2-4-6-7/h3-7H,1-2H3;2-6H,1H3. The number of benzene rings is 2. The number of hydrogen-bond donors (Lipinski definition) is 0. The Labute approximate surface area is 109 Å². The zero-order chi connectivity index (χ0) is 13.4. The van der Waals surface area contributed by atoms with Gasteiger partial charge in [-0.3, -0.25) is 4.79 Å². The van der Waals surface area contributed by atoms with Crippen molar-refractivity contribution >= 4 is 5.91 Å². The van der Waals surface area contributed by atoms with E-state index >= 15 is 0 Å². The molecule has 18 heavy (non-hydrogen) atoms. The summed E-state index contributed by atoms with van der Waals surface area (Å²) >= 11 is 0. The lowest BCUT2D eigenvalue weighted by molar-refractivity contribution is 0.0827. The molecule has 0 aliphatic rings. The van der Waals surface area contributed by atoms with Gasteiger partial charge in [0.25, 0.3) is 5.91 Å². The first-order valence-corrected chi connectivity index (χ1v) is 5.89. The van der Waals surface area contributed by atoms with E-state index in [1.165, 1.54) is 5.56 Å². The van der Waals surface area contributed by atoms with Gasteiger partial charge in [-0.25, -0.2) is 0 Å². The summed E-state index contributed by atoms with van der Waals surface area (Å²) in [4.78, 5) is 12.8. The minimum absolute atomic E-state index is 0.0469. The van der Waals surface area contributed by atoms with Gasteiger partial charge in [-0.1, -0.05) is 54.1 Å². The summed E-state index contributed by atoms with van der Waals surface area (Å²) in [5.41, 5.74) is 2.06. The van der Waals surface area contributed by atoms with E-state index in [9.17, 15) is 4.79 Å². The maximum Gasteiger partial charge on any atom is 0.253 e. The molecule has 1 amide bonds. The minimum Gasteiger partial charge on any atom is -0.345 e. The quantitative estimate of drug-likeness (QED) is 0.749. The smallest absolute Gasteiger partial charge is 0.253 e. The van der Waals surface area contributed by atoms with E-state index < -0.39 is 0 Å². The molecule has 2 aromatic rings. The van der Waals surface area contributed by atoms with Gasteiger partial charge in [0.2, 0.25) is 0 Å². The summed E-state index contributed by atoms with van der Waals surface area (Å²) in [6.07, 6.45) is 0. The molecular weight excluding hydrogens is 222 g/mol. The Hall–Kier alpha value is -2.09. The highest BCUT2D eigenvalue weighted by molar-refractivity contribution is 5.93. The zero-order valence-electron chi connectivity index (χ0n) is 11.1. The maximum absolute atomic E-state index is 11.3. The summed E-state index contributed by atoms with van der Waals surface area (Å²) in [5, 5.41) is 0. The summed E-state index contributed by atoms with van der Waals surface area (Å²) in [5.74, 6) is 0.0469. The first-order chi connectivity index (χ1) is 8.61. The van der Waals surface area contributed by atoms with E-state index in [2.05, 4.69) is 19.1 Å². The van der Waals surface area contributed by atoms with Crippen LogP contribution in [0.25, 0.3) is 0 Å². The highest BCUT2D eigenvalue weighted by Crippen LogP contribution is 2.00. The van der Waals surface area contributed by atoms with Crippen LogP contribution in [-0.2, 0) is 0 Å². The molecule has 0 bridgehead atoms. The normalized spacial score (nSPS) is 9.06. The van der Waals surface area contributed by atoms with Crippen LogP contribution in [0.5, 0.6) is 0 Å². The van der Waals surface area contributed by atoms with Crippen LogP contribution in [0.4, 0.5) is 0 Å². The molecule has 0 radical (unpaired) electrons. The largest absolute Gasteiger partial charge is 0.345 e. The second kappa shape index (κ2) is 7.28. The van der Waals surface area contributed by atoms with E-state index in [0.717, 1.165) is 5.56 Å². The molecule has 2 rings (SSSR count). The van der Waals surface area contributed by atoms with E-state index in [-0.39, 0.29) is 5.91 Å². The molecule has 0 saturated carbocycles. The van der Waals surface area contributed by atoms with Crippen molar-refractivity contribution < 1.29 is 4.79 Å². The molecule has 0 aliphatic heterocycles. The van der Waals surface area contributed by atoms with Gasteiger partial charge in [-0.2, -0.15) is 0 Å². The summed E-state index contributed by atoms with van der Waals surface area (Å²) in [7, 11) is 3.49. The molecule has 0 unspecified atom stereocenters. The Kier molecular flexibility index (Phi) is 5.65. The van der Waals surface area contributed by atoms with E-state index in [0.29, 0.717) is 0 Å². The van der Waals surface area contributed by atoms with Gasteiger partial charge in [0.05, 0.1) is 0 Å². The van der Waals surface area contributed by atoms with Crippen LogP contribution in [0.3, 0.4) is 0 Å². The Bertz CT molecular complexity index is 463. The van der Waals surface area contributed by atoms with Gasteiger partial charge >= 0.3 is 0 Å². The van der Waals surface area contributed by atoms with Crippen LogP contribution in [0.1, 0.15) is 15.9 Å². The van der Waals surface area contributed by atoms with Crippen LogP contribution in [0, 0.1) is 6.92 Å². The fourth-order valence-electron chi connectivity index (χ4n) is 1.37. The first-order valence-electron chi connectivity index (χ1n) is 5.89. The zero-order valence-corrected chi connectivity index (χ0v) is 11.1. The van der Waals surface area contributed by atoms with Crippen molar-refractivity contribution in [2.75, 3.05) is 14.1 Å². The fraction of sp³-hybridized carbons (Fsp3) is 0.188. The second-order valence-corrected chi connectivity index (χ2v) is 4.22. The fourth-order valence-corrected chi connectivity index (χ4v) is 1.37. The van der Waals surface area contributed by atoms with Crippen molar-refractivity contribution in [3.63, 3.8) is 0 Å². The Morgan fingerprint density at radius 3 is 1.61 bits per heavy atom. The maximum atomic E-state index is 11.3. The molecule has 0 heterocycles. The number of nitrogens with zero attached hydrogens (tertiary/aromatic N) is 1. The van der Waals surface area contributed by atoms with Gasteiger partial charge in [0.15, 0.2) is 0 Å². The summed E-state index contributed by atoms with van der Waals surface area (Å²) < 4.78 is 0. The third-order valence-electron chi connectivity index (χ3n) is 2.37. The topological polar surface area (TPSA) is 20.3 Å². The average Bonchev–Trinajstić information content (AvgIpc) is 2.40. The lowest BCUT2D eigenvalue weighted by Gasteiger charge is -2.08. The SMILES string of the molecule is CN(C)C(=O)c1ccccc1.Cc1ccccc1. The third-order valence-corrected chi connectivity index (χ3v) is 2.37. The predicted molar refractivity (Wildman–Crippen MR) is 75.6 cm³/mol. The number of aryl methyl sites for hydroxylation is 1. The highest BCUT2D eigenvalue weighted by Gasteiger charge is 2.04. The minimum atomic E-state index is 0.0469. The third kappa shape index (κ3) is 4.83. The van der Waals surface area contributed by atoms with E-state index in [1.807, 2.05) is 48.5 Å². The van der Waals surface area contributed by atoms with Crippen LogP contribution < -0.4 is 0 Å². The molecule has 0 spiro atoms. The second-order valence-electron chi connectivity index (χ2n) is 4.22. The first kappa shape index (κ1) is 14.0. The summed E-state index contributed by atoms with van der Waals surface area (Å²) in [6, 6.07) is 19.5. The number of rotatable bonds is 1. The molecule has 0 fully saturated rings. The van der Waals surface area contributed by atoms with Crippen LogP contribution in [0.2, 0.25) is 0 Å². The average molecular weight is 241 g/mol. The van der Waals surface area contributed by atoms with Gasteiger partial charge in [-0.05, 0) is 19.1 Å². The van der Waals surface area contributed by atoms with Crippen molar-refractivity contribution in [1.29, 1.82) is 0 Å². The van der Waals surface area contributed by atoms with Gasteiger partial charge in [0, 0.05) is 19.7 Å². The van der Waals surface area contributed by atoms with Crippen LogP contribution >= 0.6 is 0 Å². The molecule has 0 atom stereocenters. The highest BCUT2D eigenvalue weighted by atomic mass is 16.2. The molecule has 0 aliphatic carbocycles. The molecule has 94 valence electrons. The lowest BCUT2D eigenvalue weighted by atomic mass is 10.2. The number of carbonyl (C=O) groups excluding carboxylic acids is 1. The Balaban J connectivity index is 0.000000199. The van der Waals surface area contributed by atoms with Crippen LogP contribution in [-0.4, -0.2) is 24.9 Å². The number of amides is 1. The van der Waals surface area contributed by atoms with Crippen molar-refractivity contribution in [3.8, 4) is 0 Å².